The second kappa shape index (κ2) is 10.2. The molecule has 1 aromatic carbocycles. The molecule has 6 rings (SSSR count). The van der Waals surface area contributed by atoms with E-state index in [9.17, 15) is 19.5 Å². The van der Waals surface area contributed by atoms with Gasteiger partial charge in [-0.25, -0.2) is 8.78 Å². The molecular formula is C34H40ClF2NO6. The zero-order valence-electron chi connectivity index (χ0n) is 25.7. The second-order valence-electron chi connectivity index (χ2n) is 14.9. The van der Waals surface area contributed by atoms with Gasteiger partial charge in [0.1, 0.15) is 6.17 Å². The Hall–Kier alpha value is -2.62. The maximum atomic E-state index is 17.8. The highest BCUT2D eigenvalue weighted by Crippen LogP contribution is 2.70. The van der Waals surface area contributed by atoms with Crippen LogP contribution in [0.3, 0.4) is 0 Å². The summed E-state index contributed by atoms with van der Waals surface area (Å²) in [4.78, 5) is 46.1. The molecular weight excluding hydrogens is 592 g/mol. The molecule has 2 bridgehead atoms. The van der Waals surface area contributed by atoms with Crippen molar-refractivity contribution in [3.8, 4) is 0 Å². The van der Waals surface area contributed by atoms with E-state index >= 15 is 8.78 Å². The lowest BCUT2D eigenvalue weighted by Crippen LogP contribution is -2.76. The fraction of sp³-hybridized carbons (Fsp3) is 0.618. The van der Waals surface area contributed by atoms with Gasteiger partial charge in [0.15, 0.2) is 23.7 Å². The first-order valence-corrected chi connectivity index (χ1v) is 15.7. The smallest absolute Gasteiger partial charge is 0.311 e. The molecule has 0 aromatic heterocycles. The Balaban J connectivity index is 1.44. The summed E-state index contributed by atoms with van der Waals surface area (Å²) >= 11 is 6.14. The van der Waals surface area contributed by atoms with Crippen molar-refractivity contribution >= 4 is 34.8 Å². The largest absolute Gasteiger partial charge is 0.457 e. The van der Waals surface area contributed by atoms with Gasteiger partial charge in [-0.15, -0.1) is 0 Å². The molecule has 3 saturated carbocycles. The van der Waals surface area contributed by atoms with E-state index in [-0.39, 0.29) is 30.8 Å². The summed E-state index contributed by atoms with van der Waals surface area (Å²) in [6, 6.07) is 7.00. The van der Waals surface area contributed by atoms with Crippen molar-refractivity contribution in [3.63, 3.8) is 0 Å². The molecule has 7 nitrogen and oxygen atoms in total. The van der Waals surface area contributed by atoms with E-state index < -0.39 is 75.8 Å². The fourth-order valence-electron chi connectivity index (χ4n) is 8.99. The van der Waals surface area contributed by atoms with E-state index in [0.29, 0.717) is 23.7 Å². The van der Waals surface area contributed by atoms with E-state index in [1.54, 1.807) is 57.0 Å². The lowest BCUT2D eigenvalue weighted by Gasteiger charge is -2.69. The number of anilines is 1. The first-order valence-electron chi connectivity index (χ1n) is 15.4. The molecule has 1 aromatic rings. The third-order valence-corrected chi connectivity index (χ3v) is 11.6. The Morgan fingerprint density at radius 1 is 1.14 bits per heavy atom. The van der Waals surface area contributed by atoms with Crippen molar-refractivity contribution in [2.24, 2.45) is 34.0 Å². The van der Waals surface area contributed by atoms with Gasteiger partial charge >= 0.3 is 5.97 Å². The van der Waals surface area contributed by atoms with E-state index in [1.807, 2.05) is 6.92 Å². The zero-order valence-corrected chi connectivity index (χ0v) is 26.5. The molecule has 1 saturated heterocycles. The average molecular weight is 632 g/mol. The number of hydrogen-bond donors (Lipinski definition) is 1. The number of hydroxylamine groups is 1. The van der Waals surface area contributed by atoms with Gasteiger partial charge in [-0.3, -0.25) is 24.3 Å². The summed E-state index contributed by atoms with van der Waals surface area (Å²) in [6.07, 6.45) is 1.02. The highest BCUT2D eigenvalue weighted by atomic mass is 35.5. The summed E-state index contributed by atoms with van der Waals surface area (Å²) in [5.41, 5.74) is -6.69. The molecule has 0 unspecified atom stereocenters. The number of hydrogen-bond acceptors (Lipinski definition) is 7. The zero-order chi connectivity index (χ0) is 32.0. The normalized spacial score (nSPS) is 41.2. The van der Waals surface area contributed by atoms with Gasteiger partial charge in [0.05, 0.1) is 17.2 Å². The predicted octanol–water partition coefficient (Wildman–Crippen LogP) is 5.92. The number of nitrogens with zero attached hydrogens (tertiary/aromatic N) is 1. The summed E-state index contributed by atoms with van der Waals surface area (Å²) in [7, 11) is 0. The number of aliphatic hydroxyl groups is 1. The minimum Gasteiger partial charge on any atom is -0.457 e. The van der Waals surface area contributed by atoms with E-state index in [4.69, 9.17) is 21.2 Å². The molecule has 5 aliphatic rings. The third-order valence-electron chi connectivity index (χ3n) is 11.3. The number of ketones is 2. The maximum Gasteiger partial charge on any atom is 0.311 e. The van der Waals surface area contributed by atoms with Crippen LogP contribution in [0.5, 0.6) is 0 Å². The van der Waals surface area contributed by atoms with Crippen LogP contribution in [0.25, 0.3) is 0 Å². The molecule has 0 amide bonds. The number of fused-ring (bicyclic) bond motifs is 8. The highest BCUT2D eigenvalue weighted by Gasteiger charge is 2.76. The van der Waals surface area contributed by atoms with Crippen LogP contribution in [0, 0.1) is 34.0 Å². The molecule has 4 aliphatic carbocycles. The number of aliphatic hydroxyl groups excluding tert-OH is 1. The van der Waals surface area contributed by atoms with Crippen LogP contribution in [-0.2, 0) is 24.0 Å². The van der Waals surface area contributed by atoms with Crippen molar-refractivity contribution in [2.75, 3.05) is 18.2 Å². The molecule has 1 N–H and O–H groups in total. The molecule has 9 atom stereocenters. The lowest BCUT2D eigenvalue weighted by atomic mass is 9.39. The number of allylic oxidation sites excluding steroid dienone is 4. The molecule has 1 heterocycles. The van der Waals surface area contributed by atoms with Gasteiger partial charge < -0.3 is 9.84 Å². The topological polar surface area (TPSA) is 93.1 Å². The van der Waals surface area contributed by atoms with E-state index in [0.717, 1.165) is 0 Å². The number of Topliss-reactive ketones (excluding diaryl/α,β-unsaturated/α-hetero) is 1. The van der Waals surface area contributed by atoms with Gasteiger partial charge in [0.2, 0.25) is 5.78 Å². The molecule has 238 valence electrons. The van der Waals surface area contributed by atoms with Crippen LogP contribution in [0.1, 0.15) is 60.3 Å². The quantitative estimate of drug-likeness (QED) is 0.412. The Kier molecular flexibility index (Phi) is 7.27. The van der Waals surface area contributed by atoms with Crippen molar-refractivity contribution in [1.29, 1.82) is 0 Å². The number of rotatable bonds is 4. The van der Waals surface area contributed by atoms with Crippen molar-refractivity contribution < 1.29 is 37.8 Å². The van der Waals surface area contributed by atoms with Gasteiger partial charge in [-0.1, -0.05) is 24.6 Å². The van der Waals surface area contributed by atoms with Crippen LogP contribution < -0.4 is 5.06 Å². The first-order chi connectivity index (χ1) is 20.5. The predicted molar refractivity (Wildman–Crippen MR) is 160 cm³/mol. The van der Waals surface area contributed by atoms with Crippen molar-refractivity contribution in [1.82, 2.24) is 0 Å². The number of benzene rings is 1. The van der Waals surface area contributed by atoms with Gasteiger partial charge in [-0.2, -0.15) is 0 Å². The van der Waals surface area contributed by atoms with Gasteiger partial charge in [0.25, 0.3) is 0 Å². The Morgan fingerprint density at radius 3 is 2.48 bits per heavy atom. The van der Waals surface area contributed by atoms with Crippen LogP contribution >= 0.6 is 11.6 Å². The molecule has 0 radical (unpaired) electrons. The standard InChI is InChI=1S/C34H40ClF2NO6/c1-30(2,3)29(42)43-18-28(41)33-15-19(17-38(44-33)21-8-6-20(35)7-9-21)12-23-24-14-26(36)25-13-22(39)10-11-31(25,4)34(24,37)27(40)16-32(23,33)5/h6-11,13,19,23-24,26-27,40H,12,14-18H2,1-5H3/t19-,23+,24+,26+,27+,31+,32+,33+,34+/m1/s1. The van der Waals surface area contributed by atoms with Gasteiger partial charge in [0, 0.05) is 28.3 Å². The van der Waals surface area contributed by atoms with E-state index in [2.05, 4.69) is 0 Å². The van der Waals surface area contributed by atoms with Crippen LogP contribution in [-0.4, -0.2) is 59.3 Å². The number of halogens is 3. The number of carbonyl (C=O) groups excluding carboxylic acids is 3. The van der Waals surface area contributed by atoms with Crippen LogP contribution in [0.4, 0.5) is 14.5 Å². The van der Waals surface area contributed by atoms with Crippen molar-refractivity contribution in [3.05, 3.63) is 53.1 Å². The summed E-state index contributed by atoms with van der Waals surface area (Å²) < 4.78 is 39.3. The fourth-order valence-corrected chi connectivity index (χ4v) is 9.11. The van der Waals surface area contributed by atoms with Crippen molar-refractivity contribution in [2.45, 2.75) is 83.8 Å². The lowest BCUT2D eigenvalue weighted by molar-refractivity contribution is -0.282. The molecule has 44 heavy (non-hydrogen) atoms. The summed E-state index contributed by atoms with van der Waals surface area (Å²) in [5.74, 6) is -3.10. The van der Waals surface area contributed by atoms with Gasteiger partial charge in [-0.05, 0) is 107 Å². The summed E-state index contributed by atoms with van der Waals surface area (Å²) in [5, 5.41) is 14.0. The van der Waals surface area contributed by atoms with Crippen LogP contribution in [0.15, 0.2) is 48.1 Å². The molecule has 10 heteroatoms. The summed E-state index contributed by atoms with van der Waals surface area (Å²) in [6.45, 7) is 8.30. The third kappa shape index (κ3) is 4.36. The minimum atomic E-state index is -2.28. The monoisotopic (exact) mass is 631 g/mol. The Labute approximate surface area is 261 Å². The Morgan fingerprint density at radius 2 is 1.82 bits per heavy atom. The first kappa shape index (κ1) is 31.4. The Bertz CT molecular complexity index is 1460. The second-order valence-corrected chi connectivity index (χ2v) is 15.3. The maximum absolute atomic E-state index is 17.8. The number of ether oxygens (including phenoxy) is 1. The number of alkyl halides is 2. The molecule has 0 spiro atoms. The minimum absolute atomic E-state index is 0.0486. The SMILES string of the molecule is CC(C)(C)C(=O)OCC(=O)[C@@]12C[C@@H](C[C@H]3[C@@H]4C[C@H](F)C5=CC(=O)C=C[C@]5(C)[C@@]4(F)[C@@H](O)C[C@@]31C)CN(c1ccc(Cl)cc1)O2. The highest BCUT2D eigenvalue weighted by molar-refractivity contribution is 6.30. The number of esters is 1. The van der Waals surface area contributed by atoms with Crippen LogP contribution in [0.2, 0.25) is 5.02 Å². The molecule has 1 aliphatic heterocycles. The average Bonchev–Trinajstić information content (AvgIpc) is 2.95. The molecule has 4 fully saturated rings. The van der Waals surface area contributed by atoms with E-state index in [1.165, 1.54) is 18.2 Å². The number of carbonyl (C=O) groups is 3.